The van der Waals surface area contributed by atoms with Gasteiger partial charge in [0.1, 0.15) is 6.04 Å². The molecule has 0 bridgehead atoms. The standard InChI is InChI=1S/C21H28N6O2/c22-17(12-7-13-25-21(23)24)19(28)27-20(29)18(14-15-8-3-1-4-9-15)26-16-10-5-2-6-11-16/h1-6,8-11,17-18,26H,7,12-14,22H2,(H4,23,24,25)(H,27,28,29)/t17-,18-/m0/s1/i2T. The molecule has 0 aliphatic rings. The molecule has 2 aromatic carbocycles. The first kappa shape index (κ1) is 20.3. The number of benzene rings is 2. The van der Waals surface area contributed by atoms with Gasteiger partial charge in [0.2, 0.25) is 11.8 Å². The van der Waals surface area contributed by atoms with Gasteiger partial charge in [-0.3, -0.25) is 19.9 Å². The zero-order valence-electron chi connectivity index (χ0n) is 17.2. The summed E-state index contributed by atoms with van der Waals surface area (Å²) in [5.41, 5.74) is 18.0. The Balaban J connectivity index is 2.01. The van der Waals surface area contributed by atoms with Gasteiger partial charge >= 0.3 is 0 Å². The number of nitrogens with one attached hydrogen (secondary N) is 2. The number of aliphatic imine (C=N–C) groups is 1. The second kappa shape index (κ2) is 11.5. The molecule has 0 heterocycles. The fraction of sp³-hybridized carbons (Fsp3) is 0.286. The summed E-state index contributed by atoms with van der Waals surface area (Å²) in [6, 6.07) is 15.0. The van der Waals surface area contributed by atoms with Gasteiger partial charge in [0.05, 0.1) is 7.41 Å². The molecule has 2 atom stereocenters. The molecule has 2 rings (SSSR count). The van der Waals surface area contributed by atoms with E-state index >= 15 is 0 Å². The molecule has 154 valence electrons. The third-order valence-corrected chi connectivity index (χ3v) is 4.21. The maximum atomic E-state index is 12.8. The van der Waals surface area contributed by atoms with Gasteiger partial charge in [-0.1, -0.05) is 48.5 Å². The van der Waals surface area contributed by atoms with Gasteiger partial charge in [0, 0.05) is 18.7 Å². The summed E-state index contributed by atoms with van der Waals surface area (Å²) < 4.78 is 7.58. The zero-order chi connectivity index (χ0) is 21.9. The van der Waals surface area contributed by atoms with E-state index in [-0.39, 0.29) is 5.96 Å². The Bertz CT molecular complexity index is 854. The van der Waals surface area contributed by atoms with Crippen LogP contribution in [0.1, 0.15) is 19.8 Å². The van der Waals surface area contributed by atoms with Gasteiger partial charge < -0.3 is 22.5 Å². The van der Waals surface area contributed by atoms with Crippen LogP contribution in [0.25, 0.3) is 0 Å². The average molecular weight is 399 g/mol. The molecule has 0 aliphatic heterocycles. The lowest BCUT2D eigenvalue weighted by Crippen LogP contribution is -2.49. The van der Waals surface area contributed by atoms with E-state index in [1.807, 2.05) is 30.3 Å². The molecule has 0 saturated carbocycles. The Morgan fingerprint density at radius 3 is 2.38 bits per heavy atom. The van der Waals surface area contributed by atoms with Crippen LogP contribution < -0.4 is 27.8 Å². The van der Waals surface area contributed by atoms with Crippen molar-refractivity contribution in [1.29, 1.82) is 0 Å². The normalized spacial score (nSPS) is 12.9. The van der Waals surface area contributed by atoms with Crippen molar-refractivity contribution in [3.63, 3.8) is 0 Å². The summed E-state index contributed by atoms with van der Waals surface area (Å²) >= 11 is 0. The smallest absolute Gasteiger partial charge is 0.249 e. The molecule has 8 heteroatoms. The molecular formula is C21H28N6O2. The van der Waals surface area contributed by atoms with Crippen LogP contribution in [-0.4, -0.2) is 36.4 Å². The molecule has 0 spiro atoms. The minimum atomic E-state index is -0.844. The van der Waals surface area contributed by atoms with E-state index in [2.05, 4.69) is 15.6 Å². The van der Waals surface area contributed by atoms with E-state index in [1.165, 1.54) is 0 Å². The molecule has 2 aromatic rings. The highest BCUT2D eigenvalue weighted by Gasteiger charge is 2.23. The van der Waals surface area contributed by atoms with Gasteiger partial charge in [0.25, 0.3) is 0 Å². The van der Waals surface area contributed by atoms with Crippen molar-refractivity contribution in [2.45, 2.75) is 31.3 Å². The Hall–Kier alpha value is -3.39. The van der Waals surface area contributed by atoms with Crippen molar-refractivity contribution in [2.24, 2.45) is 22.2 Å². The predicted octanol–water partition coefficient (Wildman–Crippen LogP) is 0.734. The van der Waals surface area contributed by atoms with Crippen LogP contribution in [0.3, 0.4) is 0 Å². The maximum absolute atomic E-state index is 12.8. The molecule has 0 saturated heterocycles. The van der Waals surface area contributed by atoms with Crippen LogP contribution in [0.2, 0.25) is 0 Å². The largest absolute Gasteiger partial charge is 0.373 e. The number of amides is 2. The van der Waals surface area contributed by atoms with Gasteiger partial charge in [-0.15, -0.1) is 0 Å². The summed E-state index contributed by atoms with van der Waals surface area (Å²) in [6.45, 7) is 0.363. The van der Waals surface area contributed by atoms with Crippen LogP contribution in [0.5, 0.6) is 0 Å². The molecule has 0 aliphatic carbocycles. The van der Waals surface area contributed by atoms with E-state index in [0.29, 0.717) is 37.5 Å². The third kappa shape index (κ3) is 8.02. The second-order valence-electron chi connectivity index (χ2n) is 6.58. The topological polar surface area (TPSA) is 149 Å². The molecule has 0 aromatic heterocycles. The second-order valence-corrected chi connectivity index (χ2v) is 6.58. The summed E-state index contributed by atoms with van der Waals surface area (Å²) in [5, 5.41) is 5.52. The van der Waals surface area contributed by atoms with E-state index in [9.17, 15) is 9.59 Å². The fourth-order valence-corrected chi connectivity index (χ4v) is 2.70. The van der Waals surface area contributed by atoms with Crippen molar-refractivity contribution in [1.82, 2.24) is 5.32 Å². The lowest BCUT2D eigenvalue weighted by Gasteiger charge is -2.20. The Morgan fingerprint density at radius 2 is 1.72 bits per heavy atom. The minimum absolute atomic E-state index is 0.0171. The number of hydrogen-bond acceptors (Lipinski definition) is 5. The van der Waals surface area contributed by atoms with E-state index < -0.39 is 23.9 Å². The van der Waals surface area contributed by atoms with Gasteiger partial charge in [-0.05, 0) is 30.5 Å². The number of para-hydroxylation sites is 1. The quantitative estimate of drug-likeness (QED) is 0.226. The number of rotatable bonds is 10. The molecule has 0 fully saturated rings. The van der Waals surface area contributed by atoms with Crippen LogP contribution >= 0.6 is 0 Å². The van der Waals surface area contributed by atoms with Crippen LogP contribution in [0, 0.1) is 0 Å². The molecule has 0 unspecified atom stereocenters. The molecule has 8 nitrogen and oxygen atoms in total. The van der Waals surface area contributed by atoms with Gasteiger partial charge in [0.15, 0.2) is 5.96 Å². The van der Waals surface area contributed by atoms with Crippen molar-refractivity contribution >= 4 is 23.5 Å². The number of nitrogens with two attached hydrogens (primary N) is 3. The number of carbonyl (C=O) groups excluding carboxylic acids is 2. The predicted molar refractivity (Wildman–Crippen MR) is 115 cm³/mol. The van der Waals surface area contributed by atoms with Gasteiger partial charge in [-0.25, -0.2) is 0 Å². The first-order chi connectivity index (χ1) is 14.3. The Kier molecular flexibility index (Phi) is 8.04. The number of guanidine groups is 1. The average Bonchev–Trinajstić information content (AvgIpc) is 2.72. The number of nitrogens with zero attached hydrogens (tertiary/aromatic N) is 1. The highest BCUT2D eigenvalue weighted by atomic mass is 16.2. The third-order valence-electron chi connectivity index (χ3n) is 4.21. The van der Waals surface area contributed by atoms with Crippen molar-refractivity contribution < 1.29 is 11.0 Å². The number of anilines is 1. The van der Waals surface area contributed by atoms with E-state index in [1.54, 1.807) is 24.3 Å². The number of hydrogen-bond donors (Lipinski definition) is 5. The minimum Gasteiger partial charge on any atom is -0.373 e. The first-order valence-corrected chi connectivity index (χ1v) is 9.38. The van der Waals surface area contributed by atoms with E-state index in [4.69, 9.17) is 18.6 Å². The fourth-order valence-electron chi connectivity index (χ4n) is 2.70. The summed E-state index contributed by atoms with van der Waals surface area (Å²) in [6.07, 6.45) is 1.24. The zero-order valence-corrected chi connectivity index (χ0v) is 16.2. The van der Waals surface area contributed by atoms with Crippen molar-refractivity contribution in [3.8, 4) is 0 Å². The summed E-state index contributed by atoms with van der Waals surface area (Å²) in [4.78, 5) is 29.0. The summed E-state index contributed by atoms with van der Waals surface area (Å²) in [5.74, 6) is -1.04. The maximum Gasteiger partial charge on any atom is 0.249 e. The molecule has 8 N–H and O–H groups in total. The number of carbonyl (C=O) groups is 2. The molecule has 0 radical (unpaired) electrons. The molecule has 29 heavy (non-hydrogen) atoms. The van der Waals surface area contributed by atoms with Crippen LogP contribution in [0.4, 0.5) is 5.69 Å². The lowest BCUT2D eigenvalue weighted by molar-refractivity contribution is -0.131. The SMILES string of the molecule is [3H]c1ccc(N[C@@H](Cc2ccccc2)C(=O)NC(=O)[C@@H](N)CCCN=C(N)N)cc1. The van der Waals surface area contributed by atoms with Crippen LogP contribution in [0.15, 0.2) is 65.6 Å². The monoisotopic (exact) mass is 398 g/mol. The highest BCUT2D eigenvalue weighted by Crippen LogP contribution is 2.11. The Labute approximate surface area is 172 Å². The lowest BCUT2D eigenvalue weighted by atomic mass is 10.0. The highest BCUT2D eigenvalue weighted by molar-refractivity contribution is 6.01. The number of imide groups is 1. The van der Waals surface area contributed by atoms with Crippen LogP contribution in [-0.2, 0) is 16.0 Å². The van der Waals surface area contributed by atoms with E-state index in [0.717, 1.165) is 5.56 Å². The molecule has 2 amide bonds. The Morgan fingerprint density at radius 1 is 1.03 bits per heavy atom. The first-order valence-electron chi connectivity index (χ1n) is 9.88. The molecular weight excluding hydrogens is 368 g/mol. The van der Waals surface area contributed by atoms with Crippen molar-refractivity contribution in [2.75, 3.05) is 11.9 Å². The van der Waals surface area contributed by atoms with Gasteiger partial charge in [-0.2, -0.15) is 0 Å². The summed E-state index contributed by atoms with van der Waals surface area (Å²) in [7, 11) is 0. The van der Waals surface area contributed by atoms with Crippen molar-refractivity contribution in [3.05, 3.63) is 66.2 Å².